The fraction of sp³-hybridized carbons (Fsp3) is 0.312. The van der Waals surface area contributed by atoms with E-state index >= 15 is 0 Å². The summed E-state index contributed by atoms with van der Waals surface area (Å²) < 4.78 is 7.73. The maximum absolute atomic E-state index is 9.54. The molecule has 5 heteroatoms. The van der Waals surface area contributed by atoms with E-state index in [0.29, 0.717) is 17.5 Å². The molecule has 0 spiro atoms. The van der Waals surface area contributed by atoms with E-state index in [9.17, 15) is 5.11 Å². The lowest BCUT2D eigenvalue weighted by molar-refractivity contribution is 0.270. The van der Waals surface area contributed by atoms with Crippen LogP contribution in [0, 0.1) is 6.92 Å². The lowest BCUT2D eigenvalue weighted by Crippen LogP contribution is -1.96. The summed E-state index contributed by atoms with van der Waals surface area (Å²) in [5.41, 5.74) is 3.20. The lowest BCUT2D eigenvalue weighted by Gasteiger charge is -2.11. The average Bonchev–Trinajstić information content (AvgIpc) is 2.98. The molecule has 0 saturated carbocycles. The summed E-state index contributed by atoms with van der Waals surface area (Å²) in [7, 11) is 0. The molecule has 0 aliphatic rings. The van der Waals surface area contributed by atoms with E-state index in [1.54, 1.807) is 0 Å². The highest BCUT2D eigenvalue weighted by Gasteiger charge is 2.15. The predicted molar refractivity (Wildman–Crippen MR) is 84.3 cm³/mol. The molecule has 0 unspecified atom stereocenters. The van der Waals surface area contributed by atoms with Crippen LogP contribution >= 0.6 is 11.3 Å². The molecule has 0 saturated heterocycles. The highest BCUT2D eigenvalue weighted by molar-refractivity contribution is 7.15. The normalized spacial score (nSPS) is 11.5. The second kappa shape index (κ2) is 5.50. The van der Waals surface area contributed by atoms with Gasteiger partial charge in [-0.15, -0.1) is 11.3 Å². The summed E-state index contributed by atoms with van der Waals surface area (Å²) in [5.74, 6) is 1.71. The highest BCUT2D eigenvalue weighted by Crippen LogP contribution is 2.30. The third kappa shape index (κ3) is 2.54. The molecule has 21 heavy (non-hydrogen) atoms. The lowest BCUT2D eigenvalue weighted by atomic mass is 9.98. The van der Waals surface area contributed by atoms with Crippen LogP contribution in [0.25, 0.3) is 4.96 Å². The number of nitrogens with zero attached hydrogens (tertiary/aromatic N) is 2. The summed E-state index contributed by atoms with van der Waals surface area (Å²) in [6.45, 7) is 6.34. The van der Waals surface area contributed by atoms with Gasteiger partial charge >= 0.3 is 0 Å². The van der Waals surface area contributed by atoms with Gasteiger partial charge in [-0.2, -0.15) is 4.98 Å². The Morgan fingerprint density at radius 3 is 2.86 bits per heavy atom. The van der Waals surface area contributed by atoms with Crippen molar-refractivity contribution in [2.75, 3.05) is 0 Å². The van der Waals surface area contributed by atoms with Gasteiger partial charge in [-0.25, -0.2) is 0 Å². The van der Waals surface area contributed by atoms with Gasteiger partial charge < -0.3 is 9.84 Å². The Morgan fingerprint density at radius 1 is 1.38 bits per heavy atom. The molecule has 0 amide bonds. The summed E-state index contributed by atoms with van der Waals surface area (Å²) in [6.07, 6.45) is 1.89. The summed E-state index contributed by atoms with van der Waals surface area (Å²) in [4.78, 5) is 5.25. The zero-order valence-corrected chi connectivity index (χ0v) is 13.1. The number of imidazole rings is 1. The van der Waals surface area contributed by atoms with E-state index < -0.39 is 0 Å². The summed E-state index contributed by atoms with van der Waals surface area (Å²) in [6, 6.07) is 6.06. The molecule has 3 aromatic rings. The van der Waals surface area contributed by atoms with E-state index in [1.807, 2.05) is 28.1 Å². The number of hydrogen-bond acceptors (Lipinski definition) is 4. The van der Waals surface area contributed by atoms with E-state index in [1.165, 1.54) is 22.5 Å². The number of aliphatic hydroxyl groups excluding tert-OH is 1. The molecule has 0 bridgehead atoms. The van der Waals surface area contributed by atoms with Crippen molar-refractivity contribution >= 4 is 16.3 Å². The molecule has 1 N–H and O–H groups in total. The molecule has 2 aromatic heterocycles. The van der Waals surface area contributed by atoms with Crippen molar-refractivity contribution in [2.45, 2.75) is 33.3 Å². The van der Waals surface area contributed by atoms with Crippen LogP contribution in [0.4, 0.5) is 0 Å². The van der Waals surface area contributed by atoms with Crippen LogP contribution < -0.4 is 4.74 Å². The number of ether oxygens (including phenoxy) is 1. The fourth-order valence-electron chi connectivity index (χ4n) is 2.51. The van der Waals surface area contributed by atoms with Crippen LogP contribution in [0.5, 0.6) is 11.6 Å². The molecule has 0 aliphatic carbocycles. The van der Waals surface area contributed by atoms with Crippen LogP contribution in [-0.4, -0.2) is 14.5 Å². The first-order valence-electron chi connectivity index (χ1n) is 6.94. The Bertz CT molecular complexity index is 774. The van der Waals surface area contributed by atoms with Crippen molar-refractivity contribution in [2.24, 2.45) is 0 Å². The number of fused-ring (bicyclic) bond motifs is 1. The van der Waals surface area contributed by atoms with Crippen LogP contribution in [0.2, 0.25) is 0 Å². The average molecular weight is 302 g/mol. The van der Waals surface area contributed by atoms with Gasteiger partial charge in [0.1, 0.15) is 11.4 Å². The topological polar surface area (TPSA) is 46.8 Å². The first-order valence-corrected chi connectivity index (χ1v) is 7.81. The largest absolute Gasteiger partial charge is 0.437 e. The number of aliphatic hydroxyl groups is 1. The Kier molecular flexibility index (Phi) is 3.69. The minimum Gasteiger partial charge on any atom is -0.437 e. The number of benzene rings is 1. The van der Waals surface area contributed by atoms with Gasteiger partial charge in [0.2, 0.25) is 5.88 Å². The quantitative estimate of drug-likeness (QED) is 0.789. The number of rotatable bonds is 4. The summed E-state index contributed by atoms with van der Waals surface area (Å²) in [5, 5.41) is 11.5. The fourth-order valence-corrected chi connectivity index (χ4v) is 3.23. The molecule has 2 heterocycles. The van der Waals surface area contributed by atoms with E-state index in [0.717, 1.165) is 10.7 Å². The number of aromatic nitrogens is 2. The molecule has 4 nitrogen and oxygen atoms in total. The molecule has 0 fully saturated rings. The van der Waals surface area contributed by atoms with Crippen LogP contribution in [0.3, 0.4) is 0 Å². The SMILES string of the molecule is Cc1cc(Oc2nc3sccn3c2CO)ccc1C(C)C. The first kappa shape index (κ1) is 14.1. The zero-order valence-electron chi connectivity index (χ0n) is 12.3. The van der Waals surface area contributed by atoms with Gasteiger partial charge in [-0.05, 0) is 36.1 Å². The molecule has 110 valence electrons. The number of thiazole rings is 1. The van der Waals surface area contributed by atoms with E-state index in [-0.39, 0.29) is 6.61 Å². The minimum absolute atomic E-state index is 0.101. The Balaban J connectivity index is 1.95. The van der Waals surface area contributed by atoms with E-state index in [2.05, 4.69) is 31.8 Å². The van der Waals surface area contributed by atoms with Gasteiger partial charge in [0.15, 0.2) is 4.96 Å². The highest BCUT2D eigenvalue weighted by atomic mass is 32.1. The van der Waals surface area contributed by atoms with Crippen molar-refractivity contribution in [1.82, 2.24) is 9.38 Å². The number of hydrogen-bond donors (Lipinski definition) is 1. The van der Waals surface area contributed by atoms with Crippen molar-refractivity contribution in [3.8, 4) is 11.6 Å². The predicted octanol–water partition coefficient (Wildman–Crippen LogP) is 4.11. The molecule has 0 radical (unpaired) electrons. The smallest absolute Gasteiger partial charge is 0.244 e. The third-order valence-corrected chi connectivity index (χ3v) is 4.31. The third-order valence-electron chi connectivity index (χ3n) is 3.55. The van der Waals surface area contributed by atoms with Crippen molar-refractivity contribution < 1.29 is 9.84 Å². The Labute approximate surface area is 127 Å². The van der Waals surface area contributed by atoms with Crippen molar-refractivity contribution in [1.29, 1.82) is 0 Å². The van der Waals surface area contributed by atoms with Crippen LogP contribution in [0.15, 0.2) is 29.8 Å². The molecule has 0 aliphatic heterocycles. The van der Waals surface area contributed by atoms with Crippen molar-refractivity contribution in [3.63, 3.8) is 0 Å². The molecular formula is C16H18N2O2S. The second-order valence-corrected chi connectivity index (χ2v) is 6.23. The molecule has 1 aromatic carbocycles. The Hall–Kier alpha value is -1.85. The van der Waals surface area contributed by atoms with E-state index in [4.69, 9.17) is 4.74 Å². The molecule has 0 atom stereocenters. The van der Waals surface area contributed by atoms with Crippen LogP contribution in [-0.2, 0) is 6.61 Å². The first-order chi connectivity index (χ1) is 10.1. The second-order valence-electron chi connectivity index (χ2n) is 5.35. The maximum Gasteiger partial charge on any atom is 0.244 e. The van der Waals surface area contributed by atoms with Gasteiger partial charge in [-0.1, -0.05) is 19.9 Å². The summed E-state index contributed by atoms with van der Waals surface area (Å²) >= 11 is 1.52. The zero-order chi connectivity index (χ0) is 15.0. The minimum atomic E-state index is -0.101. The molecule has 3 rings (SSSR count). The van der Waals surface area contributed by atoms with Gasteiger partial charge in [0.25, 0.3) is 0 Å². The van der Waals surface area contributed by atoms with Gasteiger partial charge in [0, 0.05) is 11.6 Å². The number of aryl methyl sites for hydroxylation is 1. The maximum atomic E-state index is 9.54. The van der Waals surface area contributed by atoms with Gasteiger partial charge in [0.05, 0.1) is 6.61 Å². The van der Waals surface area contributed by atoms with Gasteiger partial charge in [-0.3, -0.25) is 4.40 Å². The standard InChI is InChI=1S/C16H18N2O2S/c1-10(2)13-5-4-12(8-11(13)3)20-15-14(9-19)18-6-7-21-16(18)17-15/h4-8,10,19H,9H2,1-3H3. The Morgan fingerprint density at radius 2 is 2.19 bits per heavy atom. The molecular weight excluding hydrogens is 284 g/mol. The van der Waals surface area contributed by atoms with Crippen molar-refractivity contribution in [3.05, 3.63) is 46.6 Å². The monoisotopic (exact) mass is 302 g/mol. The van der Waals surface area contributed by atoms with Crippen LogP contribution in [0.1, 0.15) is 36.6 Å².